The van der Waals surface area contributed by atoms with Crippen molar-refractivity contribution in [2.45, 2.75) is 31.3 Å². The first-order valence-corrected chi connectivity index (χ1v) is 7.43. The fourth-order valence-electron chi connectivity index (χ4n) is 2.72. The number of hydrogen-bond donors (Lipinski definition) is 2. The van der Waals surface area contributed by atoms with E-state index in [1.807, 2.05) is 48.7 Å². The molecule has 1 aromatic carbocycles. The van der Waals surface area contributed by atoms with Gasteiger partial charge in [-0.1, -0.05) is 30.3 Å². The van der Waals surface area contributed by atoms with Crippen molar-refractivity contribution in [3.63, 3.8) is 0 Å². The quantitative estimate of drug-likeness (QED) is 0.887. The van der Waals surface area contributed by atoms with Gasteiger partial charge in [-0.3, -0.25) is 4.79 Å². The summed E-state index contributed by atoms with van der Waals surface area (Å²) < 4.78 is 2.05. The van der Waals surface area contributed by atoms with E-state index < -0.39 is 0 Å². The molecule has 3 rings (SSSR count). The fourth-order valence-corrected chi connectivity index (χ4v) is 2.72. The molecule has 2 N–H and O–H groups in total. The maximum absolute atomic E-state index is 12.5. The molecule has 0 saturated heterocycles. The molecule has 1 aliphatic rings. The van der Waals surface area contributed by atoms with Gasteiger partial charge in [0.2, 0.25) is 0 Å². The smallest absolute Gasteiger partial charge is 0.268 e. The lowest BCUT2D eigenvalue weighted by Crippen LogP contribution is -2.33. The van der Waals surface area contributed by atoms with Crippen molar-refractivity contribution in [1.29, 1.82) is 0 Å². The molecule has 110 valence electrons. The van der Waals surface area contributed by atoms with Crippen LogP contribution < -0.4 is 5.32 Å². The highest BCUT2D eigenvalue weighted by molar-refractivity contribution is 5.93. The minimum atomic E-state index is -0.372. The van der Waals surface area contributed by atoms with Gasteiger partial charge in [-0.15, -0.1) is 0 Å². The Morgan fingerprint density at radius 1 is 1.24 bits per heavy atom. The number of nitrogens with one attached hydrogen (secondary N) is 1. The number of carbonyl (C=O) groups excluding carboxylic acids is 1. The average molecular weight is 284 g/mol. The Morgan fingerprint density at radius 2 is 2.00 bits per heavy atom. The van der Waals surface area contributed by atoms with E-state index in [9.17, 15) is 9.90 Å². The average Bonchev–Trinajstić information content (AvgIpc) is 2.92. The number of aliphatic hydroxyl groups is 1. The van der Waals surface area contributed by atoms with Crippen LogP contribution in [-0.4, -0.2) is 22.2 Å². The van der Waals surface area contributed by atoms with Crippen molar-refractivity contribution >= 4 is 5.91 Å². The van der Waals surface area contributed by atoms with E-state index in [0.29, 0.717) is 11.7 Å². The van der Waals surface area contributed by atoms with E-state index in [0.717, 1.165) is 18.4 Å². The van der Waals surface area contributed by atoms with Gasteiger partial charge in [0.05, 0.1) is 12.6 Å². The highest BCUT2D eigenvalue weighted by Crippen LogP contribution is 2.32. The van der Waals surface area contributed by atoms with Gasteiger partial charge in [0.15, 0.2) is 0 Å². The number of benzene rings is 1. The molecule has 2 aromatic rings. The van der Waals surface area contributed by atoms with E-state index in [1.165, 1.54) is 6.42 Å². The monoisotopic (exact) mass is 284 g/mol. The number of rotatable bonds is 5. The Labute approximate surface area is 124 Å². The van der Waals surface area contributed by atoms with Gasteiger partial charge in [-0.2, -0.15) is 0 Å². The van der Waals surface area contributed by atoms with Crippen molar-refractivity contribution in [3.8, 4) is 0 Å². The molecule has 0 aliphatic heterocycles. The van der Waals surface area contributed by atoms with Crippen LogP contribution in [0.1, 0.15) is 47.4 Å². The van der Waals surface area contributed by atoms with Crippen LogP contribution in [0.4, 0.5) is 0 Å². The van der Waals surface area contributed by atoms with Gasteiger partial charge in [0.25, 0.3) is 5.91 Å². The number of nitrogens with zero attached hydrogens (tertiary/aromatic N) is 1. The zero-order valence-corrected chi connectivity index (χ0v) is 11.9. The SMILES string of the molecule is O=C(N[C@@H](CO)c1ccccc1)c1cccn1C1CCC1. The van der Waals surface area contributed by atoms with Crippen molar-refractivity contribution < 1.29 is 9.90 Å². The molecule has 1 aromatic heterocycles. The number of aromatic nitrogens is 1. The van der Waals surface area contributed by atoms with Gasteiger partial charge in [0, 0.05) is 12.2 Å². The van der Waals surface area contributed by atoms with E-state index in [2.05, 4.69) is 9.88 Å². The summed E-state index contributed by atoms with van der Waals surface area (Å²) in [5.74, 6) is -0.130. The van der Waals surface area contributed by atoms with Crippen LogP contribution in [0.2, 0.25) is 0 Å². The first-order valence-electron chi connectivity index (χ1n) is 7.43. The topological polar surface area (TPSA) is 54.3 Å². The van der Waals surface area contributed by atoms with Crippen LogP contribution in [0, 0.1) is 0 Å². The van der Waals surface area contributed by atoms with E-state index in [-0.39, 0.29) is 18.6 Å². The Bertz CT molecular complexity index is 602. The second-order valence-electron chi connectivity index (χ2n) is 5.50. The Morgan fingerprint density at radius 3 is 2.62 bits per heavy atom. The summed E-state index contributed by atoms with van der Waals surface area (Å²) in [7, 11) is 0. The fraction of sp³-hybridized carbons (Fsp3) is 0.353. The largest absolute Gasteiger partial charge is 0.394 e. The van der Waals surface area contributed by atoms with Crippen LogP contribution in [0.25, 0.3) is 0 Å². The third-order valence-corrected chi connectivity index (χ3v) is 4.17. The molecule has 4 nitrogen and oxygen atoms in total. The summed E-state index contributed by atoms with van der Waals surface area (Å²) in [6.07, 6.45) is 5.47. The molecular weight excluding hydrogens is 264 g/mol. The summed E-state index contributed by atoms with van der Waals surface area (Å²) >= 11 is 0. The summed E-state index contributed by atoms with van der Waals surface area (Å²) in [6, 6.07) is 13.4. The van der Waals surface area contributed by atoms with Crippen LogP contribution in [0.15, 0.2) is 48.7 Å². The van der Waals surface area contributed by atoms with Gasteiger partial charge in [0.1, 0.15) is 5.69 Å². The van der Waals surface area contributed by atoms with Crippen molar-refractivity contribution in [1.82, 2.24) is 9.88 Å². The van der Waals surface area contributed by atoms with Crippen LogP contribution in [0.5, 0.6) is 0 Å². The number of aliphatic hydroxyl groups excluding tert-OH is 1. The second kappa shape index (κ2) is 6.14. The third-order valence-electron chi connectivity index (χ3n) is 4.17. The first kappa shape index (κ1) is 13.9. The molecule has 1 heterocycles. The van der Waals surface area contributed by atoms with Crippen molar-refractivity contribution in [2.24, 2.45) is 0 Å². The highest BCUT2D eigenvalue weighted by atomic mass is 16.3. The molecule has 0 unspecified atom stereocenters. The molecule has 0 spiro atoms. The van der Waals surface area contributed by atoms with Crippen LogP contribution >= 0.6 is 0 Å². The van der Waals surface area contributed by atoms with Gasteiger partial charge in [-0.05, 0) is 37.0 Å². The Kier molecular flexibility index (Phi) is 4.06. The molecule has 0 radical (unpaired) electrons. The predicted molar refractivity (Wildman–Crippen MR) is 81.1 cm³/mol. The minimum Gasteiger partial charge on any atom is -0.394 e. The maximum Gasteiger partial charge on any atom is 0.268 e. The molecule has 1 saturated carbocycles. The maximum atomic E-state index is 12.5. The van der Waals surface area contributed by atoms with Gasteiger partial charge < -0.3 is 15.0 Å². The molecule has 4 heteroatoms. The normalized spacial score (nSPS) is 16.2. The van der Waals surface area contributed by atoms with E-state index in [4.69, 9.17) is 0 Å². The summed E-state index contributed by atoms with van der Waals surface area (Å²) in [4.78, 5) is 12.5. The Hall–Kier alpha value is -2.07. The number of carbonyl (C=O) groups is 1. The predicted octanol–water partition coefficient (Wildman–Crippen LogP) is 2.68. The molecule has 1 atom stereocenters. The van der Waals surface area contributed by atoms with Crippen molar-refractivity contribution in [3.05, 3.63) is 59.9 Å². The second-order valence-corrected chi connectivity index (χ2v) is 5.50. The van der Waals surface area contributed by atoms with E-state index in [1.54, 1.807) is 0 Å². The highest BCUT2D eigenvalue weighted by Gasteiger charge is 2.24. The summed E-state index contributed by atoms with van der Waals surface area (Å²) in [5.41, 5.74) is 1.59. The standard InChI is InChI=1S/C17H20N2O2/c20-12-15(13-6-2-1-3-7-13)18-17(21)16-10-5-11-19(16)14-8-4-9-14/h1-3,5-7,10-11,14-15,20H,4,8-9,12H2,(H,18,21)/t15-/m0/s1. The molecule has 1 fully saturated rings. The van der Waals surface area contributed by atoms with Crippen LogP contribution in [-0.2, 0) is 0 Å². The van der Waals surface area contributed by atoms with Crippen LogP contribution in [0.3, 0.4) is 0 Å². The molecule has 0 bridgehead atoms. The molecular formula is C17H20N2O2. The molecule has 21 heavy (non-hydrogen) atoms. The van der Waals surface area contributed by atoms with Gasteiger partial charge in [-0.25, -0.2) is 0 Å². The molecule has 1 aliphatic carbocycles. The zero-order chi connectivity index (χ0) is 14.7. The number of amides is 1. The third kappa shape index (κ3) is 2.85. The minimum absolute atomic E-state index is 0.111. The zero-order valence-electron chi connectivity index (χ0n) is 11.9. The Balaban J connectivity index is 1.75. The molecule has 1 amide bonds. The summed E-state index contributed by atoms with van der Waals surface area (Å²) in [6.45, 7) is -0.111. The van der Waals surface area contributed by atoms with E-state index >= 15 is 0 Å². The lowest BCUT2D eigenvalue weighted by molar-refractivity contribution is 0.0901. The van der Waals surface area contributed by atoms with Crippen molar-refractivity contribution in [2.75, 3.05) is 6.61 Å². The lowest BCUT2D eigenvalue weighted by atomic mass is 9.93. The first-order chi connectivity index (χ1) is 10.3. The van der Waals surface area contributed by atoms with Gasteiger partial charge >= 0.3 is 0 Å². The summed E-state index contributed by atoms with van der Waals surface area (Å²) in [5, 5.41) is 12.5. The number of hydrogen-bond acceptors (Lipinski definition) is 2. The lowest BCUT2D eigenvalue weighted by Gasteiger charge is -2.29.